The van der Waals surface area contributed by atoms with E-state index in [-0.39, 0.29) is 22.9 Å². The fourth-order valence-corrected chi connectivity index (χ4v) is 4.89. The summed E-state index contributed by atoms with van der Waals surface area (Å²) in [5, 5.41) is 0. The van der Waals surface area contributed by atoms with Crippen LogP contribution in [0, 0.1) is 269 Å². The lowest BCUT2D eigenvalue weighted by molar-refractivity contribution is 0.0541. The molecule has 10 heteroatoms. The molecular weight excluding hydrogens is 927 g/mol. The summed E-state index contributed by atoms with van der Waals surface area (Å²) < 4.78 is 45.5. The second-order valence-electron chi connectivity index (χ2n) is 12.8. The molecule has 0 saturated heterocycles. The van der Waals surface area contributed by atoms with Crippen LogP contribution >= 0.6 is 0 Å². The van der Waals surface area contributed by atoms with Gasteiger partial charge in [-0.25, -0.2) is 23.4 Å². The Morgan fingerprint density at radius 1 is 0.507 bits per heavy atom. The number of aryl methyl sites for hydroxylation is 1. The topological polar surface area (TPSA) is 115 Å². The van der Waals surface area contributed by atoms with Gasteiger partial charge in [0.2, 0.25) is 10.0 Å². The molecule has 0 bridgehead atoms. The predicted octanol–water partition coefficient (Wildman–Crippen LogP) is 3.33. The number of ether oxygens (including phenoxy) is 3. The van der Waals surface area contributed by atoms with Crippen LogP contribution in [0.3, 0.4) is 0 Å². The monoisotopic (exact) mass is 951 g/mol. The van der Waals surface area contributed by atoms with Gasteiger partial charge in [-0.15, -0.1) is 12.8 Å². The van der Waals surface area contributed by atoms with Gasteiger partial charge in [-0.2, -0.15) is 0 Å². The van der Waals surface area contributed by atoms with Crippen molar-refractivity contribution < 1.29 is 27.4 Å². The van der Waals surface area contributed by atoms with E-state index in [1.807, 2.05) is 0 Å². The molecule has 0 unspecified atom stereocenters. The van der Waals surface area contributed by atoms with Crippen molar-refractivity contribution in [3.8, 4) is 273 Å². The van der Waals surface area contributed by atoms with Crippen molar-refractivity contribution in [2.24, 2.45) is 0 Å². The summed E-state index contributed by atoms with van der Waals surface area (Å²) in [5.74, 6) is 98.6. The van der Waals surface area contributed by atoms with Gasteiger partial charge in [0.15, 0.2) is 11.5 Å². The van der Waals surface area contributed by atoms with Gasteiger partial charge in [-0.1, -0.05) is 6.07 Å². The molecule has 2 aromatic rings. The molecule has 3 N–H and O–H groups in total. The first kappa shape index (κ1) is 56.5. The maximum absolute atomic E-state index is 13.2. The van der Waals surface area contributed by atoms with Crippen LogP contribution in [0.2, 0.25) is 0 Å². The van der Waals surface area contributed by atoms with Gasteiger partial charge < -0.3 is 14.2 Å². The molecule has 0 aromatic heterocycles. The number of hydrazine groups is 1. The highest BCUT2D eigenvalue weighted by atomic mass is 32.2. The van der Waals surface area contributed by atoms with Crippen LogP contribution in [-0.2, 0) is 21.3 Å². The third kappa shape index (κ3) is 29.5. The number of carbonyl (C=O) groups excluding carboxylic acids is 1. The van der Waals surface area contributed by atoms with E-state index in [2.05, 4.69) is 265 Å². The van der Waals surface area contributed by atoms with Crippen LogP contribution in [0.15, 0.2) is 41.3 Å². The van der Waals surface area contributed by atoms with Crippen molar-refractivity contribution in [1.82, 2.24) is 10.1 Å². The number of rotatable bonds is 8. The van der Waals surface area contributed by atoms with E-state index >= 15 is 0 Å². The Hall–Kier alpha value is -12.7. The summed E-state index contributed by atoms with van der Waals surface area (Å²) in [6.45, 7) is 6.69. The number of amides is 1. The minimum Gasteiger partial charge on any atom is -0.443 e. The Labute approximate surface area is 428 Å². The Morgan fingerprint density at radius 2 is 0.849 bits per heavy atom. The van der Waals surface area contributed by atoms with Gasteiger partial charge in [0.05, 0.1) is 10.6 Å². The van der Waals surface area contributed by atoms with E-state index in [1.165, 1.54) is 30.3 Å². The molecule has 0 fully saturated rings. The van der Waals surface area contributed by atoms with Crippen molar-refractivity contribution in [1.29, 1.82) is 0 Å². The van der Waals surface area contributed by atoms with Crippen molar-refractivity contribution in [3.63, 3.8) is 0 Å². The Morgan fingerprint density at radius 3 is 1.21 bits per heavy atom. The maximum Gasteiger partial charge on any atom is 0.426 e. The van der Waals surface area contributed by atoms with Crippen LogP contribution in [0.4, 0.5) is 10.5 Å². The van der Waals surface area contributed by atoms with Crippen molar-refractivity contribution in [2.75, 3.05) is 5.43 Å². The van der Waals surface area contributed by atoms with E-state index in [4.69, 9.17) is 27.1 Å². The highest BCUT2D eigenvalue weighted by molar-refractivity contribution is 7.89. The van der Waals surface area contributed by atoms with Gasteiger partial charge in [-0.05, 0) is 164 Å². The highest BCUT2D eigenvalue weighted by Gasteiger charge is 2.18. The van der Waals surface area contributed by atoms with Gasteiger partial charge in [0.25, 0.3) is 0 Å². The third-order valence-electron chi connectivity index (χ3n) is 6.45. The molecule has 0 radical (unpaired) electrons. The molecule has 2 rings (SSSR count). The maximum atomic E-state index is 13.2. The first-order valence-electron chi connectivity index (χ1n) is 19.7. The predicted molar refractivity (Wildman–Crippen MR) is 279 cm³/mol. The van der Waals surface area contributed by atoms with Crippen molar-refractivity contribution in [2.45, 2.75) is 44.7 Å². The molecule has 0 aliphatic carbocycles. The average Bonchev–Trinajstić information content (AvgIpc) is 3.36. The molecule has 0 heterocycles. The Bertz CT molecular complexity index is 4120. The van der Waals surface area contributed by atoms with Crippen LogP contribution in [0.25, 0.3) is 0 Å². The summed E-state index contributed by atoms with van der Waals surface area (Å²) in [4.78, 5) is 11.9. The largest absolute Gasteiger partial charge is 0.443 e. The second kappa shape index (κ2) is 35.6. The molecular formula is C63H25N3O6S. The number of hydrogen-bond acceptors (Lipinski definition) is 7. The fourth-order valence-electron chi connectivity index (χ4n) is 3.87. The van der Waals surface area contributed by atoms with Gasteiger partial charge in [0.1, 0.15) is 17.8 Å². The summed E-state index contributed by atoms with van der Waals surface area (Å²) in [6.07, 6.45) is 14.1. The van der Waals surface area contributed by atoms with Crippen LogP contribution in [0.5, 0.6) is 11.5 Å². The number of carbonyl (C=O) groups is 1. The minimum atomic E-state index is -4.00. The lowest BCUT2D eigenvalue weighted by Gasteiger charge is -2.20. The number of sulfonamides is 1. The fraction of sp³-hybridized carbons (Fsp3) is 0.0952. The van der Waals surface area contributed by atoms with Crippen LogP contribution in [0.1, 0.15) is 31.9 Å². The van der Waals surface area contributed by atoms with Gasteiger partial charge >= 0.3 is 6.09 Å². The molecule has 1 amide bonds. The van der Waals surface area contributed by atoms with Gasteiger partial charge in [0, 0.05) is 149 Å². The standard InChI is InChI=1S/C63H25N3O6S/c1-7-9-11-13-15-17-19-21-23-25-27-29-31-33-35-37-39-41-43-45-51-70-60-54-57(55-64-73(68,69)59-49-47-58(48-50-59)65-66-62(67)72-63(4,5)6)53-56(3)61(60)71-52-46-44-42-40-38-36-34-32-30-28-26-24-22-20-18-16-14-12-10-8-2/h1-2,47-50,53-54,64-65H,55H2,3-6H3,(H,66,67). The van der Waals surface area contributed by atoms with E-state index in [9.17, 15) is 13.2 Å². The summed E-state index contributed by atoms with van der Waals surface area (Å²) in [7, 11) is -4.00. The molecule has 2 aromatic carbocycles. The average molecular weight is 952 g/mol. The highest BCUT2D eigenvalue weighted by Crippen LogP contribution is 2.32. The lowest BCUT2D eigenvalue weighted by Crippen LogP contribution is -2.35. The molecule has 0 spiro atoms. The van der Waals surface area contributed by atoms with E-state index in [0.29, 0.717) is 16.8 Å². The third-order valence-corrected chi connectivity index (χ3v) is 7.87. The summed E-state index contributed by atoms with van der Waals surface area (Å²) in [5.41, 5.74) is 5.74. The summed E-state index contributed by atoms with van der Waals surface area (Å²) in [6, 6.07) is 8.83. The first-order valence-corrected chi connectivity index (χ1v) is 21.2. The Kier molecular flexibility index (Phi) is 27.5. The number of nitrogens with one attached hydrogen (secondary N) is 3. The zero-order chi connectivity index (χ0) is 52.9. The van der Waals surface area contributed by atoms with Crippen LogP contribution < -0.4 is 25.0 Å². The second-order valence-corrected chi connectivity index (χ2v) is 14.6. The SMILES string of the molecule is C#CC#CC#CC#CC#CC#CC#CC#CC#CC#CC#COc1cc(CNS(=O)(=O)c2ccc(NNC(=O)OC(C)(C)C)cc2)cc(C)c1OC#CC#CC#CC#CC#CC#CC#CC#CC#CC#CC#C. The molecule has 0 aliphatic heterocycles. The lowest BCUT2D eigenvalue weighted by atomic mass is 10.1. The molecule has 9 nitrogen and oxygen atoms in total. The number of benzene rings is 2. The van der Waals surface area contributed by atoms with Crippen molar-refractivity contribution in [3.05, 3.63) is 47.5 Å². The quantitative estimate of drug-likeness (QED) is 0.275. The van der Waals surface area contributed by atoms with E-state index in [0.717, 1.165) is 0 Å². The molecule has 73 heavy (non-hydrogen) atoms. The molecule has 0 aliphatic rings. The summed E-state index contributed by atoms with van der Waals surface area (Å²) >= 11 is 0. The first-order chi connectivity index (χ1) is 35.4. The van der Waals surface area contributed by atoms with Gasteiger partial charge in [-0.3, -0.25) is 5.43 Å². The van der Waals surface area contributed by atoms with E-state index in [1.54, 1.807) is 33.8 Å². The minimum absolute atomic E-state index is 0.0373. The molecule has 0 saturated carbocycles. The zero-order valence-electron chi connectivity index (χ0n) is 38.7. The molecule has 0 atom stereocenters. The Balaban J connectivity index is 2.21. The number of anilines is 1. The number of hydrogen-bond donors (Lipinski definition) is 3. The normalized spacial score (nSPS) is 7.15. The van der Waals surface area contributed by atoms with E-state index < -0.39 is 21.7 Å². The molecule has 334 valence electrons. The van der Waals surface area contributed by atoms with Crippen LogP contribution in [-0.4, -0.2) is 20.1 Å². The van der Waals surface area contributed by atoms with Crippen molar-refractivity contribution >= 4 is 21.8 Å². The smallest absolute Gasteiger partial charge is 0.426 e. The zero-order valence-corrected chi connectivity index (χ0v) is 39.5. The number of terminal acetylenes is 2.